The number of amides is 1. The van der Waals surface area contributed by atoms with Crippen molar-refractivity contribution >= 4 is 11.6 Å². The van der Waals surface area contributed by atoms with Gasteiger partial charge in [0.25, 0.3) is 0 Å². The zero-order chi connectivity index (χ0) is 14.1. The monoisotopic (exact) mass is 263 g/mol. The van der Waals surface area contributed by atoms with Crippen molar-refractivity contribution < 1.29 is 19.4 Å². The second-order valence-corrected chi connectivity index (χ2v) is 3.67. The fourth-order valence-corrected chi connectivity index (χ4v) is 1.43. The molecule has 1 rings (SSSR count). The highest BCUT2D eigenvalue weighted by Gasteiger charge is 2.08. The first kappa shape index (κ1) is 15.0. The Morgan fingerprint density at radius 2 is 2.21 bits per heavy atom. The number of anilines is 1. The Kier molecular flexibility index (Phi) is 6.44. The topological polar surface area (TPSA) is 67.8 Å². The molecule has 19 heavy (non-hydrogen) atoms. The molecule has 0 aromatic heterocycles. The van der Waals surface area contributed by atoms with Crippen LogP contribution in [0.15, 0.2) is 18.2 Å². The van der Waals surface area contributed by atoms with Gasteiger partial charge >= 0.3 is 0 Å². The SMILES string of the molecule is COCCC(=O)Nc1cc(C#CCO)ccc1OC. The number of hydrogen-bond donors (Lipinski definition) is 2. The highest BCUT2D eigenvalue weighted by atomic mass is 16.5. The first-order chi connectivity index (χ1) is 9.21. The quantitative estimate of drug-likeness (QED) is 0.778. The minimum Gasteiger partial charge on any atom is -0.495 e. The summed E-state index contributed by atoms with van der Waals surface area (Å²) in [5.41, 5.74) is 1.24. The molecule has 5 heteroatoms. The van der Waals surface area contributed by atoms with Crippen molar-refractivity contribution in [3.63, 3.8) is 0 Å². The average Bonchev–Trinajstić information content (AvgIpc) is 2.43. The minimum atomic E-state index is -0.207. The van der Waals surface area contributed by atoms with Gasteiger partial charge in [-0.2, -0.15) is 0 Å². The molecule has 0 fully saturated rings. The number of nitrogens with one attached hydrogen (secondary N) is 1. The molecule has 0 aliphatic heterocycles. The van der Waals surface area contributed by atoms with Crippen LogP contribution in [0.5, 0.6) is 5.75 Å². The highest BCUT2D eigenvalue weighted by Crippen LogP contribution is 2.25. The smallest absolute Gasteiger partial charge is 0.226 e. The van der Waals surface area contributed by atoms with Gasteiger partial charge in [0.15, 0.2) is 0 Å². The van der Waals surface area contributed by atoms with Crippen LogP contribution in [0, 0.1) is 11.8 Å². The molecule has 1 aromatic carbocycles. The van der Waals surface area contributed by atoms with Crippen molar-refractivity contribution in [3.05, 3.63) is 23.8 Å². The summed E-state index contributed by atoms with van der Waals surface area (Å²) in [6.45, 7) is 0.152. The van der Waals surface area contributed by atoms with Gasteiger partial charge in [-0.25, -0.2) is 0 Å². The Morgan fingerprint density at radius 1 is 1.42 bits per heavy atom. The number of aliphatic hydroxyl groups is 1. The van der Waals surface area contributed by atoms with Gasteiger partial charge in [-0.1, -0.05) is 11.8 Å². The fraction of sp³-hybridized carbons (Fsp3) is 0.357. The maximum absolute atomic E-state index is 11.6. The summed E-state index contributed by atoms with van der Waals surface area (Å²) in [6.07, 6.45) is 0.270. The van der Waals surface area contributed by atoms with E-state index in [2.05, 4.69) is 17.2 Å². The van der Waals surface area contributed by atoms with Crippen molar-refractivity contribution in [1.29, 1.82) is 0 Å². The molecule has 1 aromatic rings. The van der Waals surface area contributed by atoms with Crippen LogP contribution in [0.2, 0.25) is 0 Å². The van der Waals surface area contributed by atoms with Crippen LogP contribution < -0.4 is 10.1 Å². The largest absolute Gasteiger partial charge is 0.495 e. The summed E-state index contributed by atoms with van der Waals surface area (Å²) in [5, 5.41) is 11.4. The Hall–Kier alpha value is -2.03. The molecule has 1 amide bonds. The molecule has 0 unspecified atom stereocenters. The van der Waals surface area contributed by atoms with Gasteiger partial charge in [0, 0.05) is 12.7 Å². The first-order valence-electron chi connectivity index (χ1n) is 5.77. The molecule has 0 bridgehead atoms. The molecule has 102 valence electrons. The van der Waals surface area contributed by atoms with Crippen molar-refractivity contribution in [2.24, 2.45) is 0 Å². The zero-order valence-electron chi connectivity index (χ0n) is 11.0. The van der Waals surface area contributed by atoms with Gasteiger partial charge in [0.1, 0.15) is 12.4 Å². The third kappa shape index (κ3) is 5.00. The number of aliphatic hydroxyl groups excluding tert-OH is 1. The van der Waals surface area contributed by atoms with Crippen LogP contribution >= 0.6 is 0 Å². The summed E-state index contributed by atoms with van der Waals surface area (Å²) in [4.78, 5) is 11.6. The number of carbonyl (C=O) groups excluding carboxylic acids is 1. The summed E-state index contributed by atoms with van der Waals surface area (Å²) < 4.78 is 10.0. The Labute approximate surface area is 112 Å². The fourth-order valence-electron chi connectivity index (χ4n) is 1.43. The summed E-state index contributed by atoms with van der Waals surface area (Å²) in [6, 6.07) is 5.17. The third-order valence-electron chi connectivity index (χ3n) is 2.32. The molecule has 2 N–H and O–H groups in total. The summed E-state index contributed by atoms with van der Waals surface area (Å²) >= 11 is 0. The Balaban J connectivity index is 2.86. The van der Waals surface area contributed by atoms with Gasteiger partial charge in [-0.3, -0.25) is 4.79 Å². The predicted molar refractivity (Wildman–Crippen MR) is 72.1 cm³/mol. The Bertz CT molecular complexity index is 488. The lowest BCUT2D eigenvalue weighted by Crippen LogP contribution is -2.14. The van der Waals surface area contributed by atoms with E-state index in [0.29, 0.717) is 23.6 Å². The second-order valence-electron chi connectivity index (χ2n) is 3.67. The number of hydrogen-bond acceptors (Lipinski definition) is 4. The molecule has 0 saturated carbocycles. The van der Waals surface area contributed by atoms with Crippen LogP contribution in [-0.4, -0.2) is 38.4 Å². The molecule has 0 saturated heterocycles. The summed E-state index contributed by atoms with van der Waals surface area (Å²) in [7, 11) is 3.07. The van der Waals surface area contributed by atoms with Crippen LogP contribution in [0.4, 0.5) is 5.69 Å². The normalized spacial score (nSPS) is 9.42. The van der Waals surface area contributed by atoms with Crippen LogP contribution in [-0.2, 0) is 9.53 Å². The standard InChI is InChI=1S/C14H17NO4/c1-18-9-7-14(17)15-12-10-11(4-3-8-16)5-6-13(12)19-2/h5-6,10,16H,7-9H2,1-2H3,(H,15,17). The van der Waals surface area contributed by atoms with E-state index in [4.69, 9.17) is 14.6 Å². The number of carbonyl (C=O) groups is 1. The van der Waals surface area contributed by atoms with Crippen molar-refractivity contribution in [1.82, 2.24) is 0 Å². The van der Waals surface area contributed by atoms with Crippen LogP contribution in [0.3, 0.4) is 0 Å². The number of methoxy groups -OCH3 is 2. The lowest BCUT2D eigenvalue weighted by atomic mass is 10.2. The van der Waals surface area contributed by atoms with Gasteiger partial charge in [0.2, 0.25) is 5.91 Å². The molecule has 5 nitrogen and oxygen atoms in total. The number of rotatable bonds is 5. The van der Waals surface area contributed by atoms with E-state index in [1.54, 1.807) is 25.3 Å². The van der Waals surface area contributed by atoms with Gasteiger partial charge in [0.05, 0.1) is 25.8 Å². The maximum Gasteiger partial charge on any atom is 0.226 e. The van der Waals surface area contributed by atoms with Crippen molar-refractivity contribution in [2.75, 3.05) is 32.8 Å². The first-order valence-corrected chi connectivity index (χ1v) is 5.77. The average molecular weight is 263 g/mol. The highest BCUT2D eigenvalue weighted by molar-refractivity contribution is 5.92. The molecular weight excluding hydrogens is 246 g/mol. The van der Waals surface area contributed by atoms with Gasteiger partial charge in [-0.05, 0) is 18.2 Å². The van der Waals surface area contributed by atoms with E-state index >= 15 is 0 Å². The molecule has 0 aliphatic rings. The summed E-state index contributed by atoms with van der Waals surface area (Å²) in [5.74, 6) is 5.72. The lowest BCUT2D eigenvalue weighted by Gasteiger charge is -2.10. The molecule has 0 spiro atoms. The predicted octanol–water partition coefficient (Wildman–Crippen LogP) is 1.01. The van der Waals surface area contributed by atoms with E-state index in [0.717, 1.165) is 0 Å². The molecule has 0 atom stereocenters. The van der Waals surface area contributed by atoms with E-state index in [9.17, 15) is 4.79 Å². The van der Waals surface area contributed by atoms with Crippen molar-refractivity contribution in [3.8, 4) is 17.6 Å². The molecule has 0 radical (unpaired) electrons. The van der Waals surface area contributed by atoms with Gasteiger partial charge < -0.3 is 19.9 Å². The molecule has 0 aliphatic carbocycles. The number of ether oxygens (including phenoxy) is 2. The van der Waals surface area contributed by atoms with Crippen molar-refractivity contribution in [2.45, 2.75) is 6.42 Å². The Morgan fingerprint density at radius 3 is 2.84 bits per heavy atom. The van der Waals surface area contributed by atoms with Gasteiger partial charge in [-0.15, -0.1) is 0 Å². The zero-order valence-corrected chi connectivity index (χ0v) is 11.0. The van der Waals surface area contributed by atoms with E-state index in [1.165, 1.54) is 7.11 Å². The lowest BCUT2D eigenvalue weighted by molar-refractivity contribution is -0.117. The number of benzene rings is 1. The minimum absolute atomic E-state index is 0.160. The molecule has 0 heterocycles. The van der Waals surface area contributed by atoms with Crippen LogP contribution in [0.1, 0.15) is 12.0 Å². The van der Waals surface area contributed by atoms with Crippen LogP contribution in [0.25, 0.3) is 0 Å². The van der Waals surface area contributed by atoms with E-state index in [1.807, 2.05) is 0 Å². The third-order valence-corrected chi connectivity index (χ3v) is 2.32. The maximum atomic E-state index is 11.6. The molecular formula is C14H17NO4. The second kappa shape index (κ2) is 8.14. The van der Waals surface area contributed by atoms with E-state index in [-0.39, 0.29) is 18.9 Å². The van der Waals surface area contributed by atoms with E-state index < -0.39 is 0 Å².